The van der Waals surface area contributed by atoms with Crippen molar-refractivity contribution >= 4 is 28.3 Å². The first-order valence-corrected chi connectivity index (χ1v) is 6.53. The first-order valence-electron chi connectivity index (χ1n) is 4.68. The van der Waals surface area contributed by atoms with E-state index in [1.807, 2.05) is 20.8 Å². The maximum atomic E-state index is 11.6. The molecule has 0 aliphatic rings. The molecule has 5 nitrogen and oxygen atoms in total. The molecule has 0 fully saturated rings. The fraction of sp³-hybridized carbons (Fsp3) is 0.889. The minimum atomic E-state index is -3.50. The van der Waals surface area contributed by atoms with Crippen LogP contribution in [-0.2, 0) is 14.8 Å². The molecule has 0 bridgehead atoms. The van der Waals surface area contributed by atoms with Crippen molar-refractivity contribution in [3.8, 4) is 0 Å². The number of hydrogen-bond donors (Lipinski definition) is 1. The monoisotopic (exact) mass is 272 g/mol. The fourth-order valence-electron chi connectivity index (χ4n) is 1.14. The molecule has 98 valence electrons. The van der Waals surface area contributed by atoms with Gasteiger partial charge in [-0.1, -0.05) is 20.8 Å². The van der Waals surface area contributed by atoms with Gasteiger partial charge in [-0.25, -0.2) is 12.7 Å². The minimum Gasteiger partial charge on any atom is -0.320 e. The number of nitrogens with two attached hydrogens (primary N) is 1. The van der Waals surface area contributed by atoms with E-state index < -0.39 is 22.0 Å². The van der Waals surface area contributed by atoms with E-state index in [2.05, 4.69) is 0 Å². The lowest BCUT2D eigenvalue weighted by atomic mass is 9.88. The van der Waals surface area contributed by atoms with Gasteiger partial charge in [-0.15, -0.1) is 12.4 Å². The normalized spacial score (nSPS) is 13.9. The van der Waals surface area contributed by atoms with Crippen LogP contribution in [0.2, 0.25) is 0 Å². The molecule has 1 unspecified atom stereocenters. The molecular formula is C9H21ClN2O3S. The first kappa shape index (κ1) is 18.0. The lowest BCUT2D eigenvalue weighted by molar-refractivity contribution is -0.127. The second-order valence-electron chi connectivity index (χ2n) is 4.94. The van der Waals surface area contributed by atoms with Crippen molar-refractivity contribution in [2.75, 3.05) is 13.3 Å². The molecule has 0 rings (SSSR count). The average Bonchev–Trinajstić information content (AvgIpc) is 1.96. The van der Waals surface area contributed by atoms with Gasteiger partial charge in [0, 0.05) is 7.05 Å². The van der Waals surface area contributed by atoms with Gasteiger partial charge in [0.1, 0.15) is 0 Å². The standard InChI is InChI=1S/C9H20N2O3S.ClH/c1-9(2,3)6-7(10)8(12)11(4)15(5,13)14;/h7H,6,10H2,1-5H3;1H. The molecule has 2 N–H and O–H groups in total. The number of carbonyl (C=O) groups is 1. The van der Waals surface area contributed by atoms with Gasteiger partial charge in [0.2, 0.25) is 10.0 Å². The van der Waals surface area contributed by atoms with E-state index in [0.717, 1.165) is 6.26 Å². The van der Waals surface area contributed by atoms with E-state index >= 15 is 0 Å². The molecule has 0 aliphatic heterocycles. The molecule has 0 spiro atoms. The topological polar surface area (TPSA) is 80.5 Å². The lowest BCUT2D eigenvalue weighted by Gasteiger charge is -2.25. The Balaban J connectivity index is 0. The lowest BCUT2D eigenvalue weighted by Crippen LogP contribution is -2.45. The maximum Gasteiger partial charge on any atom is 0.252 e. The van der Waals surface area contributed by atoms with Crippen molar-refractivity contribution in [3.63, 3.8) is 0 Å². The maximum absolute atomic E-state index is 11.6. The third-order valence-electron chi connectivity index (χ3n) is 1.96. The molecule has 1 amide bonds. The predicted octanol–water partition coefficient (Wildman–Crippen LogP) is 0.590. The van der Waals surface area contributed by atoms with E-state index in [4.69, 9.17) is 5.73 Å². The van der Waals surface area contributed by atoms with Gasteiger partial charge >= 0.3 is 0 Å². The van der Waals surface area contributed by atoms with Crippen LogP contribution in [0.25, 0.3) is 0 Å². The van der Waals surface area contributed by atoms with Gasteiger partial charge in [0.15, 0.2) is 0 Å². The molecule has 7 heteroatoms. The van der Waals surface area contributed by atoms with Crippen LogP contribution in [0.15, 0.2) is 0 Å². The molecule has 0 heterocycles. The average molecular weight is 273 g/mol. The second-order valence-corrected chi connectivity index (χ2v) is 6.95. The highest BCUT2D eigenvalue weighted by molar-refractivity contribution is 7.88. The molecule has 0 aromatic carbocycles. The quantitative estimate of drug-likeness (QED) is 0.815. The summed E-state index contributed by atoms with van der Waals surface area (Å²) in [6, 6.07) is -0.773. The molecule has 0 radical (unpaired) electrons. The van der Waals surface area contributed by atoms with Gasteiger partial charge < -0.3 is 5.73 Å². The number of likely N-dealkylation sites (N-methyl/N-ethyl adjacent to an activating group) is 1. The van der Waals surface area contributed by atoms with E-state index in [0.29, 0.717) is 10.7 Å². The van der Waals surface area contributed by atoms with Crippen molar-refractivity contribution in [2.45, 2.75) is 33.2 Å². The smallest absolute Gasteiger partial charge is 0.252 e. The van der Waals surface area contributed by atoms with Gasteiger partial charge in [-0.2, -0.15) is 0 Å². The zero-order valence-electron chi connectivity index (χ0n) is 10.4. The Labute approximate surface area is 104 Å². The number of nitrogens with zero attached hydrogens (tertiary/aromatic N) is 1. The summed E-state index contributed by atoms with van der Waals surface area (Å²) in [4.78, 5) is 11.6. The van der Waals surface area contributed by atoms with E-state index in [-0.39, 0.29) is 17.8 Å². The SMILES string of the molecule is CN(C(=O)C(N)CC(C)(C)C)S(C)(=O)=O.Cl. The van der Waals surface area contributed by atoms with Crippen molar-refractivity contribution in [1.82, 2.24) is 4.31 Å². The Morgan fingerprint density at radius 3 is 2.00 bits per heavy atom. The van der Waals surface area contributed by atoms with Crippen LogP contribution < -0.4 is 5.73 Å². The Morgan fingerprint density at radius 2 is 1.75 bits per heavy atom. The fourth-order valence-corrected chi connectivity index (χ4v) is 1.61. The van der Waals surface area contributed by atoms with E-state index in [1.165, 1.54) is 7.05 Å². The Kier molecular flexibility index (Phi) is 6.58. The van der Waals surface area contributed by atoms with Crippen LogP contribution in [0.4, 0.5) is 0 Å². The van der Waals surface area contributed by atoms with Gasteiger partial charge in [-0.3, -0.25) is 4.79 Å². The molecule has 0 saturated carbocycles. The summed E-state index contributed by atoms with van der Waals surface area (Å²) in [5, 5.41) is 0. The van der Waals surface area contributed by atoms with Crippen LogP contribution >= 0.6 is 12.4 Å². The molecule has 0 aromatic heterocycles. The zero-order chi connectivity index (χ0) is 12.4. The second kappa shape index (κ2) is 5.84. The summed E-state index contributed by atoms with van der Waals surface area (Å²) in [5.41, 5.74) is 5.54. The Morgan fingerprint density at radius 1 is 1.38 bits per heavy atom. The van der Waals surface area contributed by atoms with Crippen LogP contribution in [0, 0.1) is 5.41 Å². The summed E-state index contributed by atoms with van der Waals surface area (Å²) in [6.07, 6.45) is 1.43. The summed E-state index contributed by atoms with van der Waals surface area (Å²) in [6.45, 7) is 5.84. The Hall–Kier alpha value is -0.330. The first-order chi connectivity index (χ1) is 6.45. The summed E-state index contributed by atoms with van der Waals surface area (Å²) >= 11 is 0. The van der Waals surface area contributed by atoms with Crippen LogP contribution in [0.1, 0.15) is 27.2 Å². The largest absolute Gasteiger partial charge is 0.320 e. The number of hydrogen-bond acceptors (Lipinski definition) is 4. The highest BCUT2D eigenvalue weighted by Crippen LogP contribution is 2.20. The van der Waals surface area contributed by atoms with Gasteiger partial charge in [0.25, 0.3) is 5.91 Å². The van der Waals surface area contributed by atoms with Crippen molar-refractivity contribution in [1.29, 1.82) is 0 Å². The number of rotatable bonds is 3. The molecular weight excluding hydrogens is 252 g/mol. The summed E-state index contributed by atoms with van der Waals surface area (Å²) in [5.74, 6) is -0.563. The molecule has 1 atom stereocenters. The van der Waals surface area contributed by atoms with Gasteiger partial charge in [-0.05, 0) is 11.8 Å². The number of halogens is 1. The zero-order valence-corrected chi connectivity index (χ0v) is 12.0. The molecule has 0 saturated heterocycles. The number of sulfonamides is 1. The summed E-state index contributed by atoms with van der Waals surface area (Å²) < 4.78 is 22.9. The predicted molar refractivity (Wildman–Crippen MR) is 66.9 cm³/mol. The molecule has 0 aliphatic carbocycles. The van der Waals surface area contributed by atoms with Crippen molar-refractivity contribution < 1.29 is 13.2 Å². The van der Waals surface area contributed by atoms with Crippen LogP contribution in [-0.4, -0.2) is 38.0 Å². The van der Waals surface area contributed by atoms with E-state index in [9.17, 15) is 13.2 Å². The third kappa shape index (κ3) is 6.30. The van der Waals surface area contributed by atoms with Crippen LogP contribution in [0.3, 0.4) is 0 Å². The number of carbonyl (C=O) groups excluding carboxylic acids is 1. The Bertz CT molecular complexity index is 335. The van der Waals surface area contributed by atoms with Crippen molar-refractivity contribution in [2.24, 2.45) is 11.1 Å². The van der Waals surface area contributed by atoms with Gasteiger partial charge in [0.05, 0.1) is 12.3 Å². The number of amides is 1. The van der Waals surface area contributed by atoms with Crippen molar-refractivity contribution in [3.05, 3.63) is 0 Å². The highest BCUT2D eigenvalue weighted by Gasteiger charge is 2.27. The van der Waals surface area contributed by atoms with Crippen LogP contribution in [0.5, 0.6) is 0 Å². The molecule has 0 aromatic rings. The van der Waals surface area contributed by atoms with E-state index in [1.54, 1.807) is 0 Å². The summed E-state index contributed by atoms with van der Waals surface area (Å²) in [7, 11) is -2.28. The minimum absolute atomic E-state index is 0. The third-order valence-corrected chi connectivity index (χ3v) is 3.13. The molecule has 16 heavy (non-hydrogen) atoms. The highest BCUT2D eigenvalue weighted by atomic mass is 35.5.